The summed E-state index contributed by atoms with van der Waals surface area (Å²) >= 11 is 2.15. The highest BCUT2D eigenvalue weighted by Gasteiger charge is 2.24. The van der Waals surface area contributed by atoms with Crippen LogP contribution in [0.5, 0.6) is 0 Å². The van der Waals surface area contributed by atoms with E-state index in [0.717, 1.165) is 33.0 Å². The molecule has 0 saturated heterocycles. The van der Waals surface area contributed by atoms with E-state index in [9.17, 15) is 24.0 Å². The molecule has 0 amide bonds. The Morgan fingerprint density at radius 2 is 1.00 bits per heavy atom. The number of carbonyl (C=O) groups is 1. The van der Waals surface area contributed by atoms with Crippen LogP contribution in [0, 0.1) is 0 Å². The summed E-state index contributed by atoms with van der Waals surface area (Å²) in [6.45, 7) is -0.0199. The number of nitrogens with zero attached hydrogens (tertiary/aromatic N) is 7. The van der Waals surface area contributed by atoms with E-state index in [1.807, 2.05) is 18.2 Å². The molecule has 0 radical (unpaired) electrons. The van der Waals surface area contributed by atoms with Crippen molar-refractivity contribution >= 4 is 92.0 Å². The van der Waals surface area contributed by atoms with Crippen LogP contribution in [0.1, 0.15) is 5.56 Å². The smallest absolute Gasteiger partial charge is 0.442 e. The largest absolute Gasteiger partial charge is 0.452 e. The molecule has 0 unspecified atom stereocenters. The quantitative estimate of drug-likeness (QED) is 0.266. The molecule has 234 valence electrons. The van der Waals surface area contributed by atoms with Crippen molar-refractivity contribution in [3.8, 4) is 0 Å². The highest BCUT2D eigenvalue weighted by Crippen LogP contribution is 2.42. The van der Waals surface area contributed by atoms with Gasteiger partial charge in [-0.3, -0.25) is 19.2 Å². The fourth-order valence-corrected chi connectivity index (χ4v) is 7.72. The number of benzene rings is 4. The summed E-state index contributed by atoms with van der Waals surface area (Å²) in [5, 5.41) is 9.47. The van der Waals surface area contributed by atoms with Gasteiger partial charge in [0.2, 0.25) is 32.0 Å². The maximum atomic E-state index is 13.1. The van der Waals surface area contributed by atoms with E-state index < -0.39 is 27.8 Å². The van der Waals surface area contributed by atoms with E-state index in [1.165, 1.54) is 0 Å². The van der Waals surface area contributed by atoms with Crippen LogP contribution in [0.2, 0.25) is 0 Å². The second-order valence-electron chi connectivity index (χ2n) is 10.9. The van der Waals surface area contributed by atoms with Crippen LogP contribution < -0.4 is 32.4 Å². The lowest BCUT2D eigenvalue weighted by Gasteiger charge is -2.02. The lowest BCUT2D eigenvalue weighted by Crippen LogP contribution is -2.31. The zero-order valence-electron chi connectivity index (χ0n) is 24.6. The van der Waals surface area contributed by atoms with Crippen LogP contribution in [0.15, 0.2) is 108 Å². The Balaban J connectivity index is 1.26. The summed E-state index contributed by atoms with van der Waals surface area (Å²) in [5.41, 5.74) is -0.344. The molecule has 0 aliphatic carbocycles. The van der Waals surface area contributed by atoms with Gasteiger partial charge in [-0.15, -0.1) is 10.2 Å². The lowest BCUT2D eigenvalue weighted by atomic mass is 10.2. The number of carbonyl (C=O) groups excluding carboxylic acids is 1. The van der Waals surface area contributed by atoms with E-state index in [-0.39, 0.29) is 71.2 Å². The summed E-state index contributed by atoms with van der Waals surface area (Å²) in [6, 6.07) is 22.0. The molecular weight excluding hydrogens is 667 g/mol. The third-order valence-corrected chi connectivity index (χ3v) is 10.0. The molecule has 3 heterocycles. The fourth-order valence-electron chi connectivity index (χ4n) is 5.70. The minimum Gasteiger partial charge on any atom is -0.442 e. The predicted octanol–water partition coefficient (Wildman–Crippen LogP) is 3.80. The molecule has 0 bridgehead atoms. The second-order valence-corrected chi connectivity index (χ2v) is 12.9. The van der Waals surface area contributed by atoms with E-state index in [1.54, 1.807) is 60.7 Å². The Hall–Kier alpha value is -6.45. The molecule has 0 fully saturated rings. The molecule has 9 aromatic rings. The summed E-state index contributed by atoms with van der Waals surface area (Å²) in [6.07, 6.45) is -0.854. The summed E-state index contributed by atoms with van der Waals surface area (Å²) in [4.78, 5) is 84.1. The predicted molar refractivity (Wildman–Crippen MR) is 184 cm³/mol. The van der Waals surface area contributed by atoms with Crippen molar-refractivity contribution in [2.24, 2.45) is 9.98 Å². The fraction of sp³-hybridized carbons (Fsp3) is 0.0294. The molecule has 0 atom stereocenters. The van der Waals surface area contributed by atoms with Gasteiger partial charge in [-0.05, 0) is 5.56 Å². The Kier molecular flexibility index (Phi) is 6.33. The minimum absolute atomic E-state index is 0.0199. The van der Waals surface area contributed by atoms with E-state index in [2.05, 4.69) is 30.2 Å². The summed E-state index contributed by atoms with van der Waals surface area (Å²) < 4.78 is 6.46. The van der Waals surface area contributed by atoms with Crippen molar-refractivity contribution in [3.63, 3.8) is 0 Å². The standard InChI is InChI=1S/C34H15N7O6S2/c42-26-16-10-4-5-11-17(16)27(43)24(26)37-32-35-22-20-21(40-41(39-20)34(46)47-14-15-8-2-1-3-9-15)23-31(30(22)48-32)49-33(36-23)38-25-28(44)18-12-6-7-13-19(18)29(25)45/h1-13H,14H2. The van der Waals surface area contributed by atoms with E-state index >= 15 is 0 Å². The van der Waals surface area contributed by atoms with Gasteiger partial charge in [0, 0.05) is 21.5 Å². The first kappa shape index (κ1) is 28.7. The van der Waals surface area contributed by atoms with Crippen LogP contribution in [0.4, 0.5) is 15.1 Å². The van der Waals surface area contributed by atoms with Crippen LogP contribution in [0.3, 0.4) is 0 Å². The Bertz CT molecular complexity index is 2900. The van der Waals surface area contributed by atoms with Gasteiger partial charge in [-0.25, -0.2) is 24.7 Å². The van der Waals surface area contributed by atoms with Crippen LogP contribution in [0.25, 0.3) is 53.0 Å². The number of hydrogen-bond acceptors (Lipinski definition) is 14. The first-order valence-corrected chi connectivity index (χ1v) is 16.2. The number of hydrogen-bond donors (Lipinski definition) is 0. The Labute approximate surface area is 278 Å². The topological polar surface area (TPSA) is 176 Å². The molecule has 0 N–H and O–H groups in total. The average molecular weight is 682 g/mol. The van der Waals surface area contributed by atoms with Crippen molar-refractivity contribution in [1.82, 2.24) is 25.0 Å². The first-order chi connectivity index (χ1) is 23.9. The molecule has 13 nitrogen and oxygen atoms in total. The average Bonchev–Trinajstić information content (AvgIpc) is 3.94. The number of rotatable bonds is 4. The van der Waals surface area contributed by atoms with Crippen LogP contribution in [-0.2, 0) is 11.3 Å². The first-order valence-electron chi connectivity index (χ1n) is 14.6. The number of fused-ring (bicyclic) bond motifs is 8. The number of ether oxygens (including phenoxy) is 1. The van der Waals surface area contributed by atoms with Gasteiger partial charge in [0.05, 0.1) is 9.40 Å². The Morgan fingerprint density at radius 3 is 1.43 bits per heavy atom. The molecule has 6 aromatic carbocycles. The summed E-state index contributed by atoms with van der Waals surface area (Å²) in [5.74, 6) is 0. The summed E-state index contributed by atoms with van der Waals surface area (Å²) in [7, 11) is 0. The molecule has 3 aromatic heterocycles. The van der Waals surface area contributed by atoms with Crippen LogP contribution in [-0.4, -0.2) is 31.1 Å². The van der Waals surface area contributed by atoms with Crippen molar-refractivity contribution < 1.29 is 9.53 Å². The number of aromatic nitrogens is 5. The maximum absolute atomic E-state index is 13.1. The van der Waals surface area contributed by atoms with Gasteiger partial charge < -0.3 is 4.74 Å². The second kappa shape index (κ2) is 10.8. The van der Waals surface area contributed by atoms with Gasteiger partial charge >= 0.3 is 6.09 Å². The highest BCUT2D eigenvalue weighted by atomic mass is 32.1. The van der Waals surface area contributed by atoms with Crippen molar-refractivity contribution in [3.05, 3.63) is 136 Å². The molecule has 0 spiro atoms. The highest BCUT2D eigenvalue weighted by molar-refractivity contribution is 7.30. The maximum Gasteiger partial charge on any atom is 0.452 e. The third kappa shape index (κ3) is 4.47. The monoisotopic (exact) mass is 681 g/mol. The molecule has 15 heteroatoms. The Morgan fingerprint density at radius 1 is 0.592 bits per heavy atom. The van der Waals surface area contributed by atoms with Crippen molar-refractivity contribution in [2.45, 2.75) is 6.61 Å². The normalized spacial score (nSPS) is 11.8. The molecular formula is C34H15N7O6S2. The van der Waals surface area contributed by atoms with E-state index in [4.69, 9.17) is 4.74 Å². The van der Waals surface area contributed by atoms with Gasteiger partial charge in [0.25, 0.3) is 0 Å². The zero-order valence-corrected chi connectivity index (χ0v) is 26.2. The zero-order chi connectivity index (χ0) is 33.4. The van der Waals surface area contributed by atoms with E-state index in [0.29, 0.717) is 9.40 Å². The van der Waals surface area contributed by atoms with Crippen molar-refractivity contribution in [2.75, 3.05) is 0 Å². The molecule has 49 heavy (non-hydrogen) atoms. The number of thiazole rings is 2. The lowest BCUT2D eigenvalue weighted by molar-refractivity contribution is 0.134. The molecule has 9 rings (SSSR count). The van der Waals surface area contributed by atoms with Gasteiger partial charge in [0.15, 0.2) is 10.7 Å². The third-order valence-electron chi connectivity index (χ3n) is 7.98. The van der Waals surface area contributed by atoms with Gasteiger partial charge in [0.1, 0.15) is 28.7 Å². The van der Waals surface area contributed by atoms with Gasteiger partial charge in [-0.2, -0.15) is 0 Å². The SMILES string of the molecule is O=C(OCc1ccccc1)n1nc2c(n1)c1nc(N=c3c(=O)c4ccccc4c3=O)sc1c1sc(N=c3c(=O)c4ccccc4c3=O)nc21. The van der Waals surface area contributed by atoms with Gasteiger partial charge in [-0.1, -0.05) is 106 Å². The molecule has 0 aliphatic rings. The molecule has 0 saturated carbocycles. The molecule has 0 aliphatic heterocycles. The van der Waals surface area contributed by atoms with Crippen LogP contribution >= 0.6 is 22.7 Å². The minimum atomic E-state index is -0.854. The van der Waals surface area contributed by atoms with Crippen molar-refractivity contribution in [1.29, 1.82) is 0 Å².